The summed E-state index contributed by atoms with van der Waals surface area (Å²) in [5.74, 6) is 3.02. The largest absolute Gasteiger partial charge is 0.326 e. The van der Waals surface area contributed by atoms with Gasteiger partial charge in [0.1, 0.15) is 0 Å². The number of nitrogens with one attached hydrogen (secondary N) is 1. The van der Waals surface area contributed by atoms with Crippen molar-refractivity contribution in [2.24, 2.45) is 17.8 Å². The van der Waals surface area contributed by atoms with E-state index >= 15 is 0 Å². The summed E-state index contributed by atoms with van der Waals surface area (Å²) in [7, 11) is 0. The van der Waals surface area contributed by atoms with E-state index < -0.39 is 0 Å². The number of hydrogen-bond acceptors (Lipinski definition) is 2. The van der Waals surface area contributed by atoms with Gasteiger partial charge < -0.3 is 4.90 Å². The van der Waals surface area contributed by atoms with Crippen molar-refractivity contribution < 1.29 is 4.79 Å². The van der Waals surface area contributed by atoms with E-state index in [1.807, 2.05) is 6.92 Å². The summed E-state index contributed by atoms with van der Waals surface area (Å²) in [6.07, 6.45) is 8.22. The molecule has 5 unspecified atom stereocenters. The summed E-state index contributed by atoms with van der Waals surface area (Å²) in [6.45, 7) is 5.22. The number of amides is 1. The molecule has 3 fully saturated rings. The Balaban J connectivity index is 1.64. The Morgan fingerprint density at radius 2 is 2.17 bits per heavy atom. The second-order valence-electron chi connectivity index (χ2n) is 6.62. The average molecular weight is 250 g/mol. The molecule has 18 heavy (non-hydrogen) atoms. The Kier molecular flexibility index (Phi) is 3.35. The third kappa shape index (κ3) is 2.07. The van der Waals surface area contributed by atoms with Crippen LogP contribution in [0.25, 0.3) is 0 Å². The maximum absolute atomic E-state index is 12.2. The van der Waals surface area contributed by atoms with Crippen molar-refractivity contribution in [3.8, 4) is 0 Å². The molecule has 3 rings (SSSR count). The summed E-state index contributed by atoms with van der Waals surface area (Å²) in [6, 6.07) is 0.0279. The molecule has 0 aromatic rings. The lowest BCUT2D eigenvalue weighted by atomic mass is 9.88. The zero-order chi connectivity index (χ0) is 12.7. The summed E-state index contributed by atoms with van der Waals surface area (Å²) < 4.78 is 0. The molecule has 0 aromatic carbocycles. The van der Waals surface area contributed by atoms with Gasteiger partial charge in [0, 0.05) is 6.54 Å². The minimum absolute atomic E-state index is 0.0279. The van der Waals surface area contributed by atoms with E-state index in [4.69, 9.17) is 0 Å². The molecule has 0 aromatic heterocycles. The van der Waals surface area contributed by atoms with Crippen molar-refractivity contribution in [2.75, 3.05) is 6.54 Å². The first-order valence-corrected chi connectivity index (χ1v) is 7.75. The van der Waals surface area contributed by atoms with E-state index in [0.717, 1.165) is 37.1 Å². The SMILES string of the molecule is CCCC1NC(C)C(=O)N1CC1CC2CCC1C2. The van der Waals surface area contributed by atoms with E-state index in [2.05, 4.69) is 17.1 Å². The van der Waals surface area contributed by atoms with Gasteiger partial charge in [-0.05, 0) is 50.4 Å². The van der Waals surface area contributed by atoms with E-state index in [9.17, 15) is 4.79 Å². The molecule has 2 bridgehead atoms. The lowest BCUT2D eigenvalue weighted by Crippen LogP contribution is -2.41. The highest BCUT2D eigenvalue weighted by molar-refractivity contribution is 5.83. The highest BCUT2D eigenvalue weighted by atomic mass is 16.2. The van der Waals surface area contributed by atoms with Crippen LogP contribution >= 0.6 is 0 Å². The van der Waals surface area contributed by atoms with Gasteiger partial charge in [-0.25, -0.2) is 0 Å². The predicted octanol–water partition coefficient (Wildman–Crippen LogP) is 2.37. The Bertz CT molecular complexity index is 330. The number of carbonyl (C=O) groups is 1. The fraction of sp³-hybridized carbons (Fsp3) is 0.933. The first-order valence-electron chi connectivity index (χ1n) is 7.75. The first-order chi connectivity index (χ1) is 8.69. The first kappa shape index (κ1) is 12.5. The number of rotatable bonds is 4. The smallest absolute Gasteiger partial charge is 0.240 e. The van der Waals surface area contributed by atoms with Crippen molar-refractivity contribution in [3.63, 3.8) is 0 Å². The van der Waals surface area contributed by atoms with Crippen LogP contribution in [0, 0.1) is 17.8 Å². The molecular formula is C15H26N2O. The molecule has 0 radical (unpaired) electrons. The van der Waals surface area contributed by atoms with Crippen LogP contribution in [0.3, 0.4) is 0 Å². The molecule has 1 saturated heterocycles. The van der Waals surface area contributed by atoms with Gasteiger partial charge >= 0.3 is 0 Å². The molecule has 2 saturated carbocycles. The van der Waals surface area contributed by atoms with Crippen molar-refractivity contribution in [2.45, 2.75) is 64.6 Å². The van der Waals surface area contributed by atoms with Crippen molar-refractivity contribution in [1.29, 1.82) is 0 Å². The second-order valence-corrected chi connectivity index (χ2v) is 6.62. The Morgan fingerprint density at radius 3 is 2.78 bits per heavy atom. The molecule has 3 heteroatoms. The van der Waals surface area contributed by atoms with Gasteiger partial charge in [-0.2, -0.15) is 0 Å². The lowest BCUT2D eigenvalue weighted by Gasteiger charge is -2.30. The van der Waals surface area contributed by atoms with Gasteiger partial charge in [0.15, 0.2) is 0 Å². The van der Waals surface area contributed by atoms with Gasteiger partial charge in [0.05, 0.1) is 12.2 Å². The van der Waals surface area contributed by atoms with Crippen molar-refractivity contribution in [3.05, 3.63) is 0 Å². The lowest BCUT2D eigenvalue weighted by molar-refractivity contribution is -0.130. The minimum Gasteiger partial charge on any atom is -0.326 e. The highest BCUT2D eigenvalue weighted by Crippen LogP contribution is 2.48. The van der Waals surface area contributed by atoms with Crippen LogP contribution < -0.4 is 5.32 Å². The topological polar surface area (TPSA) is 32.3 Å². The number of hydrogen-bond donors (Lipinski definition) is 1. The molecule has 1 heterocycles. The third-order valence-electron chi connectivity index (χ3n) is 5.35. The van der Waals surface area contributed by atoms with Crippen LogP contribution in [-0.2, 0) is 4.79 Å². The van der Waals surface area contributed by atoms with E-state index in [1.54, 1.807) is 0 Å². The van der Waals surface area contributed by atoms with Crippen LogP contribution in [0.5, 0.6) is 0 Å². The van der Waals surface area contributed by atoms with E-state index in [-0.39, 0.29) is 6.04 Å². The normalized spacial score (nSPS) is 43.1. The second kappa shape index (κ2) is 4.84. The predicted molar refractivity (Wildman–Crippen MR) is 71.9 cm³/mol. The third-order valence-corrected chi connectivity index (χ3v) is 5.35. The Morgan fingerprint density at radius 1 is 1.33 bits per heavy atom. The zero-order valence-electron chi connectivity index (χ0n) is 11.7. The maximum atomic E-state index is 12.2. The summed E-state index contributed by atoms with van der Waals surface area (Å²) in [5, 5.41) is 3.45. The van der Waals surface area contributed by atoms with Crippen LogP contribution in [0.2, 0.25) is 0 Å². The fourth-order valence-electron chi connectivity index (χ4n) is 4.43. The monoisotopic (exact) mass is 250 g/mol. The van der Waals surface area contributed by atoms with Crippen LogP contribution in [0.4, 0.5) is 0 Å². The Labute approximate surface area is 110 Å². The average Bonchev–Trinajstić information content (AvgIpc) is 3.01. The quantitative estimate of drug-likeness (QED) is 0.831. The molecule has 1 amide bonds. The molecule has 2 aliphatic carbocycles. The van der Waals surface area contributed by atoms with Crippen molar-refractivity contribution in [1.82, 2.24) is 10.2 Å². The molecule has 1 N–H and O–H groups in total. The van der Waals surface area contributed by atoms with Gasteiger partial charge in [0.25, 0.3) is 0 Å². The van der Waals surface area contributed by atoms with Gasteiger partial charge in [0.2, 0.25) is 5.91 Å². The van der Waals surface area contributed by atoms with Crippen LogP contribution in [0.1, 0.15) is 52.4 Å². The summed E-state index contributed by atoms with van der Waals surface area (Å²) in [4.78, 5) is 14.4. The minimum atomic E-state index is 0.0279. The van der Waals surface area contributed by atoms with Crippen LogP contribution in [0.15, 0.2) is 0 Å². The number of nitrogens with zero attached hydrogens (tertiary/aromatic N) is 1. The molecule has 5 atom stereocenters. The molecule has 3 aliphatic rings. The fourth-order valence-corrected chi connectivity index (χ4v) is 4.43. The van der Waals surface area contributed by atoms with Crippen molar-refractivity contribution >= 4 is 5.91 Å². The molecular weight excluding hydrogens is 224 g/mol. The van der Waals surface area contributed by atoms with Gasteiger partial charge in [-0.1, -0.05) is 19.8 Å². The number of fused-ring (bicyclic) bond motifs is 2. The van der Waals surface area contributed by atoms with Gasteiger partial charge in [-0.3, -0.25) is 10.1 Å². The molecule has 3 nitrogen and oxygen atoms in total. The number of carbonyl (C=O) groups excluding carboxylic acids is 1. The van der Waals surface area contributed by atoms with Gasteiger partial charge in [-0.15, -0.1) is 0 Å². The zero-order valence-corrected chi connectivity index (χ0v) is 11.7. The van der Waals surface area contributed by atoms with E-state index in [1.165, 1.54) is 25.7 Å². The molecule has 102 valence electrons. The standard InChI is InChI=1S/C15H26N2O/c1-3-4-14-16-10(2)15(18)17(14)9-13-8-11-5-6-12(13)7-11/h10-14,16H,3-9H2,1-2H3. The summed E-state index contributed by atoms with van der Waals surface area (Å²) in [5.41, 5.74) is 0. The molecule has 1 aliphatic heterocycles. The highest BCUT2D eigenvalue weighted by Gasteiger charge is 2.43. The Hall–Kier alpha value is -0.570. The summed E-state index contributed by atoms with van der Waals surface area (Å²) >= 11 is 0. The maximum Gasteiger partial charge on any atom is 0.240 e. The molecule has 0 spiro atoms. The van der Waals surface area contributed by atoms with E-state index in [0.29, 0.717) is 12.1 Å². The van der Waals surface area contributed by atoms with Crippen LogP contribution in [-0.4, -0.2) is 29.6 Å².